The average molecular weight is 376 g/mol. The number of likely N-dealkylation sites (tertiary alicyclic amines) is 1. The first-order chi connectivity index (χ1) is 13.6. The molecule has 1 heterocycles. The zero-order valence-electron chi connectivity index (χ0n) is 15.8. The number of imide groups is 1. The summed E-state index contributed by atoms with van der Waals surface area (Å²) in [4.78, 5) is 39.4. The Balaban J connectivity index is 1.48. The molecule has 0 unspecified atom stereocenters. The minimum Gasteiger partial charge on any atom is -0.322 e. The minimum atomic E-state index is -0.475. The largest absolute Gasteiger partial charge is 0.322 e. The van der Waals surface area contributed by atoms with Gasteiger partial charge in [0.15, 0.2) is 0 Å². The van der Waals surface area contributed by atoms with Crippen LogP contribution in [0.25, 0.3) is 0 Å². The van der Waals surface area contributed by atoms with E-state index in [1.54, 1.807) is 18.2 Å². The van der Waals surface area contributed by atoms with Gasteiger partial charge in [0.1, 0.15) is 0 Å². The molecule has 0 bridgehead atoms. The van der Waals surface area contributed by atoms with Gasteiger partial charge in [-0.15, -0.1) is 0 Å². The number of anilines is 1. The number of hydrogen-bond donors (Lipinski definition) is 1. The van der Waals surface area contributed by atoms with Crippen LogP contribution >= 0.6 is 0 Å². The second-order valence-electron chi connectivity index (χ2n) is 7.82. The lowest BCUT2D eigenvalue weighted by molar-refractivity contribution is -0.142. The lowest BCUT2D eigenvalue weighted by atomic mass is 9.73. The third kappa shape index (κ3) is 3.57. The molecule has 28 heavy (non-hydrogen) atoms. The first-order valence-corrected chi connectivity index (χ1v) is 9.88. The molecule has 0 radical (unpaired) electrons. The van der Waals surface area contributed by atoms with Gasteiger partial charge in [-0.05, 0) is 42.7 Å². The van der Waals surface area contributed by atoms with Crippen LogP contribution in [-0.4, -0.2) is 22.6 Å². The Morgan fingerprint density at radius 3 is 2.46 bits per heavy atom. The SMILES string of the molecule is O=C(Nc1ccccc1)c1cccc(CN2C(=O)CC3(CCCCC3)C2=O)c1. The molecule has 1 saturated heterocycles. The van der Waals surface area contributed by atoms with Crippen molar-refractivity contribution in [1.82, 2.24) is 4.90 Å². The summed E-state index contributed by atoms with van der Waals surface area (Å²) >= 11 is 0. The molecule has 0 aromatic heterocycles. The first-order valence-electron chi connectivity index (χ1n) is 9.88. The fraction of sp³-hybridized carbons (Fsp3) is 0.348. The number of carbonyl (C=O) groups is 3. The van der Waals surface area contributed by atoms with E-state index in [2.05, 4.69) is 5.32 Å². The van der Waals surface area contributed by atoms with Crippen LogP contribution in [0.15, 0.2) is 54.6 Å². The quantitative estimate of drug-likeness (QED) is 0.815. The van der Waals surface area contributed by atoms with E-state index in [4.69, 9.17) is 0 Å². The molecule has 2 aromatic rings. The van der Waals surface area contributed by atoms with E-state index < -0.39 is 5.41 Å². The summed E-state index contributed by atoms with van der Waals surface area (Å²) in [7, 11) is 0. The molecule has 1 N–H and O–H groups in total. The molecule has 1 aliphatic heterocycles. The van der Waals surface area contributed by atoms with Gasteiger partial charge in [0.25, 0.3) is 5.91 Å². The molecular weight excluding hydrogens is 352 g/mol. The topological polar surface area (TPSA) is 66.5 Å². The number of benzene rings is 2. The van der Waals surface area contributed by atoms with E-state index in [9.17, 15) is 14.4 Å². The van der Waals surface area contributed by atoms with Gasteiger partial charge in [-0.1, -0.05) is 49.6 Å². The van der Waals surface area contributed by atoms with Gasteiger partial charge in [0, 0.05) is 17.7 Å². The molecule has 4 rings (SSSR count). The van der Waals surface area contributed by atoms with Crippen LogP contribution in [0.3, 0.4) is 0 Å². The van der Waals surface area contributed by atoms with Gasteiger partial charge < -0.3 is 5.32 Å². The molecular formula is C23H24N2O3. The normalized spacial score (nSPS) is 18.5. The number of amides is 3. The maximum absolute atomic E-state index is 13.0. The lowest BCUT2D eigenvalue weighted by Crippen LogP contribution is -2.36. The second-order valence-corrected chi connectivity index (χ2v) is 7.82. The smallest absolute Gasteiger partial charge is 0.255 e. The van der Waals surface area contributed by atoms with Crippen molar-refractivity contribution in [3.63, 3.8) is 0 Å². The summed E-state index contributed by atoms with van der Waals surface area (Å²) in [5.74, 6) is -0.335. The first kappa shape index (κ1) is 18.4. The zero-order chi connectivity index (χ0) is 19.6. The van der Waals surface area contributed by atoms with Crippen molar-refractivity contribution in [2.45, 2.75) is 45.1 Å². The van der Waals surface area contributed by atoms with Crippen molar-refractivity contribution < 1.29 is 14.4 Å². The zero-order valence-corrected chi connectivity index (χ0v) is 15.8. The molecule has 0 atom stereocenters. The number of hydrogen-bond acceptors (Lipinski definition) is 3. The van der Waals surface area contributed by atoms with Crippen molar-refractivity contribution in [2.24, 2.45) is 5.41 Å². The number of para-hydroxylation sites is 1. The standard InChI is InChI=1S/C23H24N2O3/c26-20-15-23(12-5-2-6-13-23)22(28)25(20)16-17-8-7-9-18(14-17)21(27)24-19-10-3-1-4-11-19/h1,3-4,7-11,14H,2,5-6,12-13,15-16H2,(H,24,27). The molecule has 5 nitrogen and oxygen atoms in total. The number of carbonyl (C=O) groups excluding carboxylic acids is 3. The highest BCUT2D eigenvalue weighted by molar-refractivity contribution is 6.06. The Bertz CT molecular complexity index is 901. The summed E-state index contributed by atoms with van der Waals surface area (Å²) in [6, 6.07) is 16.4. The van der Waals surface area contributed by atoms with Gasteiger partial charge in [-0.2, -0.15) is 0 Å². The lowest BCUT2D eigenvalue weighted by Gasteiger charge is -2.30. The van der Waals surface area contributed by atoms with Crippen molar-refractivity contribution in [1.29, 1.82) is 0 Å². The number of rotatable bonds is 4. The fourth-order valence-corrected chi connectivity index (χ4v) is 4.36. The fourth-order valence-electron chi connectivity index (χ4n) is 4.36. The molecule has 2 aromatic carbocycles. The predicted octanol–water partition coefficient (Wildman–Crippen LogP) is 4.15. The third-order valence-corrected chi connectivity index (χ3v) is 5.86. The van der Waals surface area contributed by atoms with Crippen molar-refractivity contribution >= 4 is 23.4 Å². The molecule has 144 valence electrons. The van der Waals surface area contributed by atoms with Crippen LogP contribution in [0.1, 0.15) is 54.4 Å². The van der Waals surface area contributed by atoms with Gasteiger partial charge in [-0.3, -0.25) is 19.3 Å². The summed E-state index contributed by atoms with van der Waals surface area (Å²) in [6.45, 7) is 0.228. The Morgan fingerprint density at radius 2 is 1.71 bits per heavy atom. The van der Waals surface area contributed by atoms with E-state index in [0.717, 1.165) is 43.4 Å². The molecule has 5 heteroatoms. The highest BCUT2D eigenvalue weighted by Crippen LogP contribution is 2.45. The Hall–Kier alpha value is -2.95. The van der Waals surface area contributed by atoms with E-state index in [-0.39, 0.29) is 24.3 Å². The molecule has 3 amide bonds. The monoisotopic (exact) mass is 376 g/mol. The second kappa shape index (κ2) is 7.58. The van der Waals surface area contributed by atoms with E-state index in [1.807, 2.05) is 36.4 Å². The molecule has 2 aliphatic rings. The van der Waals surface area contributed by atoms with Crippen molar-refractivity contribution in [3.8, 4) is 0 Å². The Labute approximate surface area is 164 Å². The van der Waals surface area contributed by atoms with Gasteiger partial charge >= 0.3 is 0 Å². The number of nitrogens with zero attached hydrogens (tertiary/aromatic N) is 1. The van der Waals surface area contributed by atoms with Crippen LogP contribution in [0.4, 0.5) is 5.69 Å². The minimum absolute atomic E-state index is 0.0312. The van der Waals surface area contributed by atoms with Crippen LogP contribution in [0, 0.1) is 5.41 Å². The van der Waals surface area contributed by atoms with Crippen LogP contribution < -0.4 is 5.32 Å². The van der Waals surface area contributed by atoms with Crippen LogP contribution in [0.5, 0.6) is 0 Å². The van der Waals surface area contributed by atoms with Crippen LogP contribution in [0.2, 0.25) is 0 Å². The van der Waals surface area contributed by atoms with E-state index in [0.29, 0.717) is 12.0 Å². The van der Waals surface area contributed by atoms with E-state index in [1.165, 1.54) is 4.90 Å². The summed E-state index contributed by atoms with van der Waals surface area (Å²) in [5.41, 5.74) is 1.54. The Morgan fingerprint density at radius 1 is 0.964 bits per heavy atom. The molecule has 1 saturated carbocycles. The van der Waals surface area contributed by atoms with Gasteiger partial charge in [0.2, 0.25) is 11.8 Å². The van der Waals surface area contributed by atoms with E-state index >= 15 is 0 Å². The van der Waals surface area contributed by atoms with Gasteiger partial charge in [-0.25, -0.2) is 0 Å². The van der Waals surface area contributed by atoms with Crippen molar-refractivity contribution in [2.75, 3.05) is 5.32 Å². The number of nitrogens with one attached hydrogen (secondary N) is 1. The highest BCUT2D eigenvalue weighted by Gasteiger charge is 2.51. The van der Waals surface area contributed by atoms with Crippen LogP contribution in [-0.2, 0) is 16.1 Å². The predicted molar refractivity (Wildman–Crippen MR) is 107 cm³/mol. The molecule has 1 aliphatic carbocycles. The summed E-state index contributed by atoms with van der Waals surface area (Å²) in [5, 5.41) is 2.86. The average Bonchev–Trinajstić information content (AvgIpc) is 2.93. The summed E-state index contributed by atoms with van der Waals surface area (Å²) < 4.78 is 0. The summed E-state index contributed by atoms with van der Waals surface area (Å²) in [6.07, 6.45) is 5.13. The van der Waals surface area contributed by atoms with Crippen molar-refractivity contribution in [3.05, 3.63) is 65.7 Å². The molecule has 2 fully saturated rings. The Kier molecular flexibility index (Phi) is 4.99. The maximum atomic E-state index is 13.0. The maximum Gasteiger partial charge on any atom is 0.255 e. The molecule has 1 spiro atoms. The van der Waals surface area contributed by atoms with Gasteiger partial charge in [0.05, 0.1) is 12.0 Å². The third-order valence-electron chi connectivity index (χ3n) is 5.86. The highest BCUT2D eigenvalue weighted by atomic mass is 16.2.